The number of hydrogen-bond donors (Lipinski definition) is 1. The normalized spacial score (nSPS) is 15.0. The molecular weight excluding hydrogens is 376 g/mol. The van der Waals surface area contributed by atoms with E-state index in [1.165, 1.54) is 0 Å². The number of piperidine rings is 1. The van der Waals surface area contributed by atoms with Crippen molar-refractivity contribution in [2.45, 2.75) is 25.4 Å². The molecule has 1 aromatic carbocycles. The van der Waals surface area contributed by atoms with Gasteiger partial charge in [-0.3, -0.25) is 19.7 Å². The third-order valence-corrected chi connectivity index (χ3v) is 5.43. The largest absolute Gasteiger partial charge is 0.497 e. The third kappa shape index (κ3) is 5.02. The van der Waals surface area contributed by atoms with Crippen LogP contribution < -0.4 is 10.1 Å². The van der Waals surface area contributed by atoms with Gasteiger partial charge in [-0.15, -0.1) is 0 Å². The van der Waals surface area contributed by atoms with Gasteiger partial charge in [0.2, 0.25) is 0 Å². The van der Waals surface area contributed by atoms with Gasteiger partial charge in [0.25, 0.3) is 5.91 Å². The topological polar surface area (TPSA) is 67.3 Å². The first-order chi connectivity index (χ1) is 14.7. The molecule has 0 radical (unpaired) electrons. The van der Waals surface area contributed by atoms with Gasteiger partial charge in [0.05, 0.1) is 24.1 Å². The van der Waals surface area contributed by atoms with Crippen molar-refractivity contribution < 1.29 is 9.53 Å². The molecule has 1 aliphatic heterocycles. The van der Waals surface area contributed by atoms with E-state index in [2.05, 4.69) is 26.3 Å². The monoisotopic (exact) mass is 402 g/mol. The molecule has 0 saturated carbocycles. The van der Waals surface area contributed by atoms with Gasteiger partial charge in [-0.1, -0.05) is 18.2 Å². The van der Waals surface area contributed by atoms with Gasteiger partial charge in [-0.2, -0.15) is 0 Å². The number of aromatic nitrogens is 2. The van der Waals surface area contributed by atoms with Crippen LogP contribution in [0.4, 0.5) is 0 Å². The lowest BCUT2D eigenvalue weighted by Crippen LogP contribution is -2.44. The number of benzene rings is 1. The Hall–Kier alpha value is -3.25. The van der Waals surface area contributed by atoms with Gasteiger partial charge in [-0.25, -0.2) is 0 Å². The van der Waals surface area contributed by atoms with Crippen LogP contribution in [0.25, 0.3) is 11.3 Å². The number of likely N-dealkylation sites (tertiary alicyclic amines) is 1. The smallest absolute Gasteiger partial charge is 0.253 e. The standard InChI is InChI=1S/C24H26N4O2/c1-30-22-7-4-5-18(15-22)23-9-8-19(16-26-23)24(29)27-20-10-13-28(14-11-20)17-21-6-2-3-12-25-21/h2-9,12,15-16,20H,10-11,13-14,17H2,1H3,(H,27,29). The summed E-state index contributed by atoms with van der Waals surface area (Å²) in [7, 11) is 1.64. The second-order valence-corrected chi connectivity index (χ2v) is 7.51. The Balaban J connectivity index is 1.30. The quantitative estimate of drug-likeness (QED) is 0.683. The number of carbonyl (C=O) groups is 1. The molecule has 0 aliphatic carbocycles. The highest BCUT2D eigenvalue weighted by Crippen LogP contribution is 2.22. The highest BCUT2D eigenvalue weighted by molar-refractivity contribution is 5.94. The van der Waals surface area contributed by atoms with E-state index >= 15 is 0 Å². The first-order valence-corrected chi connectivity index (χ1v) is 10.2. The van der Waals surface area contributed by atoms with Crippen molar-refractivity contribution in [3.63, 3.8) is 0 Å². The van der Waals surface area contributed by atoms with Crippen molar-refractivity contribution in [2.75, 3.05) is 20.2 Å². The number of ether oxygens (including phenoxy) is 1. The molecule has 3 heterocycles. The van der Waals surface area contributed by atoms with Gasteiger partial charge in [0.15, 0.2) is 0 Å². The zero-order valence-corrected chi connectivity index (χ0v) is 17.1. The van der Waals surface area contributed by atoms with Crippen molar-refractivity contribution in [1.29, 1.82) is 0 Å². The van der Waals surface area contributed by atoms with E-state index in [0.29, 0.717) is 5.56 Å². The molecule has 0 bridgehead atoms. The van der Waals surface area contributed by atoms with Gasteiger partial charge in [0.1, 0.15) is 5.75 Å². The first-order valence-electron chi connectivity index (χ1n) is 10.2. The molecule has 1 N–H and O–H groups in total. The molecule has 2 aromatic heterocycles. The average Bonchev–Trinajstić information content (AvgIpc) is 2.81. The lowest BCUT2D eigenvalue weighted by molar-refractivity contribution is 0.0908. The summed E-state index contributed by atoms with van der Waals surface area (Å²) in [5.41, 5.74) is 3.44. The summed E-state index contributed by atoms with van der Waals surface area (Å²) in [6.45, 7) is 2.76. The summed E-state index contributed by atoms with van der Waals surface area (Å²) in [5, 5.41) is 3.16. The van der Waals surface area contributed by atoms with Crippen LogP contribution >= 0.6 is 0 Å². The van der Waals surface area contributed by atoms with Crippen LogP contribution in [0.5, 0.6) is 5.75 Å². The number of nitrogens with zero attached hydrogens (tertiary/aromatic N) is 3. The Bertz CT molecular complexity index is 968. The maximum atomic E-state index is 12.6. The van der Waals surface area contributed by atoms with Crippen molar-refractivity contribution >= 4 is 5.91 Å². The zero-order chi connectivity index (χ0) is 20.8. The van der Waals surface area contributed by atoms with E-state index in [1.54, 1.807) is 13.3 Å². The zero-order valence-electron chi connectivity index (χ0n) is 17.1. The summed E-state index contributed by atoms with van der Waals surface area (Å²) in [5.74, 6) is 0.716. The van der Waals surface area contributed by atoms with Gasteiger partial charge in [-0.05, 0) is 49.2 Å². The van der Waals surface area contributed by atoms with Gasteiger partial charge < -0.3 is 10.1 Å². The molecule has 1 aliphatic rings. The molecule has 0 spiro atoms. The summed E-state index contributed by atoms with van der Waals surface area (Å²) < 4.78 is 5.26. The summed E-state index contributed by atoms with van der Waals surface area (Å²) in [6.07, 6.45) is 5.35. The van der Waals surface area contributed by atoms with E-state index in [1.807, 2.05) is 54.7 Å². The van der Waals surface area contributed by atoms with Crippen LogP contribution in [0.1, 0.15) is 28.9 Å². The molecular formula is C24H26N4O2. The van der Waals surface area contributed by atoms with Crippen molar-refractivity contribution in [3.8, 4) is 17.0 Å². The molecule has 0 atom stereocenters. The molecule has 30 heavy (non-hydrogen) atoms. The van der Waals surface area contributed by atoms with Gasteiger partial charge >= 0.3 is 0 Å². The molecule has 1 amide bonds. The van der Waals surface area contributed by atoms with Crippen LogP contribution in [0.3, 0.4) is 0 Å². The fraction of sp³-hybridized carbons (Fsp3) is 0.292. The average molecular weight is 402 g/mol. The van der Waals surface area contributed by atoms with Crippen LogP contribution in [0, 0.1) is 0 Å². The molecule has 4 rings (SSSR count). The predicted octanol–water partition coefficient (Wildman–Crippen LogP) is 3.55. The van der Waals surface area contributed by atoms with E-state index in [0.717, 1.165) is 55.2 Å². The molecule has 1 fully saturated rings. The number of pyridine rings is 2. The van der Waals surface area contributed by atoms with Crippen molar-refractivity contribution in [3.05, 3.63) is 78.2 Å². The Labute approximate surface area is 176 Å². The minimum Gasteiger partial charge on any atom is -0.497 e. The number of hydrogen-bond acceptors (Lipinski definition) is 5. The predicted molar refractivity (Wildman–Crippen MR) is 116 cm³/mol. The number of rotatable bonds is 6. The van der Waals surface area contributed by atoms with Crippen LogP contribution in [0.15, 0.2) is 67.0 Å². The van der Waals surface area contributed by atoms with Crippen LogP contribution in [-0.4, -0.2) is 47.0 Å². The fourth-order valence-corrected chi connectivity index (χ4v) is 3.71. The van der Waals surface area contributed by atoms with Crippen molar-refractivity contribution in [2.24, 2.45) is 0 Å². The van der Waals surface area contributed by atoms with E-state index < -0.39 is 0 Å². The molecule has 154 valence electrons. The summed E-state index contributed by atoms with van der Waals surface area (Å²) in [6, 6.07) is 17.6. The SMILES string of the molecule is COc1cccc(-c2ccc(C(=O)NC3CCN(Cc4ccccn4)CC3)cn2)c1. The molecule has 0 unspecified atom stereocenters. The number of carbonyl (C=O) groups excluding carboxylic acids is 1. The van der Waals surface area contributed by atoms with Crippen LogP contribution in [0.2, 0.25) is 0 Å². The van der Waals surface area contributed by atoms with E-state index in [-0.39, 0.29) is 11.9 Å². The molecule has 6 heteroatoms. The van der Waals surface area contributed by atoms with E-state index in [4.69, 9.17) is 4.74 Å². The molecule has 3 aromatic rings. The minimum atomic E-state index is -0.0668. The Morgan fingerprint density at radius 2 is 1.97 bits per heavy atom. The summed E-state index contributed by atoms with van der Waals surface area (Å²) >= 11 is 0. The summed E-state index contributed by atoms with van der Waals surface area (Å²) in [4.78, 5) is 23.9. The van der Waals surface area contributed by atoms with E-state index in [9.17, 15) is 4.79 Å². The highest BCUT2D eigenvalue weighted by Gasteiger charge is 2.21. The third-order valence-electron chi connectivity index (χ3n) is 5.43. The molecule has 1 saturated heterocycles. The maximum absolute atomic E-state index is 12.6. The first kappa shape index (κ1) is 20.0. The van der Waals surface area contributed by atoms with Crippen molar-refractivity contribution in [1.82, 2.24) is 20.2 Å². The Morgan fingerprint density at radius 3 is 2.67 bits per heavy atom. The number of amides is 1. The number of methoxy groups -OCH3 is 1. The second-order valence-electron chi connectivity index (χ2n) is 7.51. The van der Waals surface area contributed by atoms with Gasteiger partial charge in [0, 0.05) is 43.6 Å². The number of nitrogens with one attached hydrogen (secondary N) is 1. The minimum absolute atomic E-state index is 0.0668. The maximum Gasteiger partial charge on any atom is 0.253 e. The Morgan fingerprint density at radius 1 is 1.10 bits per heavy atom. The fourth-order valence-electron chi connectivity index (χ4n) is 3.71. The lowest BCUT2D eigenvalue weighted by atomic mass is 10.0. The lowest BCUT2D eigenvalue weighted by Gasteiger charge is -2.32. The second kappa shape index (κ2) is 9.50. The molecule has 6 nitrogen and oxygen atoms in total. The highest BCUT2D eigenvalue weighted by atomic mass is 16.5. The Kier molecular flexibility index (Phi) is 6.35. The van der Waals surface area contributed by atoms with Crippen LogP contribution in [-0.2, 0) is 6.54 Å².